The number of hydrazone groups is 1. The second-order valence-corrected chi connectivity index (χ2v) is 7.37. The molecule has 0 radical (unpaired) electrons. The molecule has 0 aliphatic carbocycles. The Hall–Kier alpha value is -3.02. The van der Waals surface area contributed by atoms with Gasteiger partial charge in [-0.05, 0) is 61.6 Å². The number of benzene rings is 2. The fraction of sp³-hybridized carbons (Fsp3) is 0.440. The van der Waals surface area contributed by atoms with Gasteiger partial charge in [0, 0.05) is 12.0 Å². The molecule has 1 amide bonds. The topological polar surface area (TPSA) is 69.2 Å². The number of carbonyl (C=O) groups is 1. The maximum absolute atomic E-state index is 12.2. The summed E-state index contributed by atoms with van der Waals surface area (Å²) >= 11 is 0. The Morgan fingerprint density at radius 1 is 1.10 bits per heavy atom. The van der Waals surface area contributed by atoms with Crippen LogP contribution >= 0.6 is 0 Å². The fourth-order valence-corrected chi connectivity index (χ4v) is 3.22. The van der Waals surface area contributed by atoms with E-state index in [-0.39, 0.29) is 5.91 Å². The van der Waals surface area contributed by atoms with Gasteiger partial charge in [-0.25, -0.2) is 5.43 Å². The van der Waals surface area contributed by atoms with Gasteiger partial charge in [0.25, 0.3) is 0 Å². The Bertz CT molecular complexity index is 865. The SMILES string of the molecule is CCCCCOc1c(/C=N/NC(=O)CCCc2ccc(OC)cc2C)cccc1OC. The Labute approximate surface area is 185 Å². The molecule has 2 aromatic carbocycles. The van der Waals surface area contributed by atoms with Gasteiger partial charge in [0.05, 0.1) is 27.0 Å². The molecular formula is C25H34N2O4. The molecular weight excluding hydrogens is 392 g/mol. The van der Waals surface area contributed by atoms with Gasteiger partial charge in [-0.15, -0.1) is 0 Å². The second-order valence-electron chi connectivity index (χ2n) is 7.37. The number of nitrogens with one attached hydrogen (secondary N) is 1. The van der Waals surface area contributed by atoms with Gasteiger partial charge in [-0.3, -0.25) is 4.79 Å². The van der Waals surface area contributed by atoms with Crippen molar-refractivity contribution in [2.45, 2.75) is 52.4 Å². The summed E-state index contributed by atoms with van der Waals surface area (Å²) in [6.07, 6.45) is 6.82. The summed E-state index contributed by atoms with van der Waals surface area (Å²) in [6.45, 7) is 4.83. The van der Waals surface area contributed by atoms with E-state index in [9.17, 15) is 4.79 Å². The molecule has 0 aromatic heterocycles. The lowest BCUT2D eigenvalue weighted by Crippen LogP contribution is -2.17. The molecule has 0 aliphatic heterocycles. The van der Waals surface area contributed by atoms with Crippen molar-refractivity contribution < 1.29 is 19.0 Å². The number of nitrogens with zero attached hydrogens (tertiary/aromatic N) is 1. The van der Waals surface area contributed by atoms with Crippen molar-refractivity contribution in [3.8, 4) is 17.2 Å². The summed E-state index contributed by atoms with van der Waals surface area (Å²) in [5, 5.41) is 4.11. The minimum Gasteiger partial charge on any atom is -0.497 e. The summed E-state index contributed by atoms with van der Waals surface area (Å²) in [6, 6.07) is 11.6. The van der Waals surface area contributed by atoms with Crippen LogP contribution in [-0.2, 0) is 11.2 Å². The van der Waals surface area contributed by atoms with Crippen molar-refractivity contribution in [2.75, 3.05) is 20.8 Å². The molecule has 0 saturated carbocycles. The third-order valence-electron chi connectivity index (χ3n) is 5.02. The van der Waals surface area contributed by atoms with Gasteiger partial charge in [0.15, 0.2) is 11.5 Å². The van der Waals surface area contributed by atoms with Crippen LogP contribution in [0.5, 0.6) is 17.2 Å². The first-order valence-corrected chi connectivity index (χ1v) is 10.8. The van der Waals surface area contributed by atoms with Crippen molar-refractivity contribution in [1.29, 1.82) is 0 Å². The third-order valence-corrected chi connectivity index (χ3v) is 5.02. The molecule has 1 N–H and O–H groups in total. The molecule has 2 rings (SSSR count). The molecule has 0 saturated heterocycles. The van der Waals surface area contributed by atoms with Crippen molar-refractivity contribution in [1.82, 2.24) is 5.43 Å². The van der Waals surface area contributed by atoms with Crippen molar-refractivity contribution in [3.05, 3.63) is 53.1 Å². The third kappa shape index (κ3) is 7.96. The average Bonchev–Trinajstić information content (AvgIpc) is 2.78. The molecule has 0 atom stereocenters. The summed E-state index contributed by atoms with van der Waals surface area (Å²) < 4.78 is 16.6. The zero-order valence-corrected chi connectivity index (χ0v) is 19.1. The van der Waals surface area contributed by atoms with Crippen LogP contribution in [-0.4, -0.2) is 32.9 Å². The number of amides is 1. The predicted molar refractivity (Wildman–Crippen MR) is 124 cm³/mol. The lowest BCUT2D eigenvalue weighted by atomic mass is 10.0. The van der Waals surface area contributed by atoms with Crippen molar-refractivity contribution in [3.63, 3.8) is 0 Å². The van der Waals surface area contributed by atoms with Crippen molar-refractivity contribution >= 4 is 12.1 Å². The fourth-order valence-electron chi connectivity index (χ4n) is 3.22. The first-order chi connectivity index (χ1) is 15.1. The molecule has 168 valence electrons. The zero-order valence-electron chi connectivity index (χ0n) is 19.1. The van der Waals surface area contributed by atoms with Crippen LogP contribution in [0.15, 0.2) is 41.5 Å². The van der Waals surface area contributed by atoms with Crippen LogP contribution < -0.4 is 19.6 Å². The number of para-hydroxylation sites is 1. The van der Waals surface area contributed by atoms with Crippen LogP contribution in [0.25, 0.3) is 0 Å². The molecule has 6 heteroatoms. The highest BCUT2D eigenvalue weighted by atomic mass is 16.5. The molecule has 0 unspecified atom stereocenters. The van der Waals surface area contributed by atoms with E-state index >= 15 is 0 Å². The van der Waals surface area contributed by atoms with E-state index in [1.54, 1.807) is 20.4 Å². The maximum Gasteiger partial charge on any atom is 0.240 e. The molecule has 0 spiro atoms. The highest BCUT2D eigenvalue weighted by Crippen LogP contribution is 2.30. The predicted octanol–water partition coefficient (Wildman–Crippen LogP) is 5.05. The second kappa shape index (κ2) is 13.3. The molecule has 0 fully saturated rings. The van der Waals surface area contributed by atoms with E-state index in [0.29, 0.717) is 24.5 Å². The Kier molecular flexibility index (Phi) is 10.4. The molecule has 2 aromatic rings. The van der Waals surface area contributed by atoms with E-state index in [2.05, 4.69) is 30.4 Å². The largest absolute Gasteiger partial charge is 0.497 e. The van der Waals surface area contributed by atoms with Crippen LogP contribution in [0.1, 0.15) is 55.7 Å². The summed E-state index contributed by atoms with van der Waals surface area (Å²) in [5.41, 5.74) is 5.76. The highest BCUT2D eigenvalue weighted by molar-refractivity contribution is 5.86. The summed E-state index contributed by atoms with van der Waals surface area (Å²) in [4.78, 5) is 12.2. The molecule has 31 heavy (non-hydrogen) atoms. The monoisotopic (exact) mass is 426 g/mol. The minimum atomic E-state index is -0.115. The molecule has 0 bridgehead atoms. The number of rotatable bonds is 13. The quantitative estimate of drug-likeness (QED) is 0.276. The van der Waals surface area contributed by atoms with Gasteiger partial charge in [-0.2, -0.15) is 5.10 Å². The summed E-state index contributed by atoms with van der Waals surface area (Å²) in [7, 11) is 3.27. The lowest BCUT2D eigenvalue weighted by molar-refractivity contribution is -0.121. The Morgan fingerprint density at radius 3 is 2.65 bits per heavy atom. The van der Waals surface area contributed by atoms with E-state index < -0.39 is 0 Å². The van der Waals surface area contributed by atoms with Gasteiger partial charge >= 0.3 is 0 Å². The number of aryl methyl sites for hydroxylation is 2. The Morgan fingerprint density at radius 2 is 1.94 bits per heavy atom. The Balaban J connectivity index is 1.86. The highest BCUT2D eigenvalue weighted by Gasteiger charge is 2.09. The smallest absolute Gasteiger partial charge is 0.240 e. The van der Waals surface area contributed by atoms with Gasteiger partial charge in [0.1, 0.15) is 5.75 Å². The van der Waals surface area contributed by atoms with Gasteiger partial charge < -0.3 is 14.2 Å². The molecule has 6 nitrogen and oxygen atoms in total. The maximum atomic E-state index is 12.2. The van der Waals surface area contributed by atoms with Gasteiger partial charge in [-0.1, -0.05) is 31.9 Å². The zero-order chi connectivity index (χ0) is 22.5. The normalized spacial score (nSPS) is 10.8. The minimum absolute atomic E-state index is 0.115. The van der Waals surface area contributed by atoms with Gasteiger partial charge in [0.2, 0.25) is 5.91 Å². The first-order valence-electron chi connectivity index (χ1n) is 10.8. The first kappa shape index (κ1) is 24.3. The number of carbonyl (C=O) groups excluding carboxylic acids is 1. The summed E-state index contributed by atoms with van der Waals surface area (Å²) in [5.74, 6) is 2.03. The van der Waals surface area contributed by atoms with Crippen LogP contribution in [0.4, 0.5) is 0 Å². The van der Waals surface area contributed by atoms with E-state index in [1.807, 2.05) is 30.3 Å². The van der Waals surface area contributed by atoms with Crippen LogP contribution in [0.2, 0.25) is 0 Å². The number of ether oxygens (including phenoxy) is 3. The number of hydrogen-bond acceptors (Lipinski definition) is 5. The van der Waals surface area contributed by atoms with E-state index in [1.165, 1.54) is 11.1 Å². The van der Waals surface area contributed by atoms with E-state index in [4.69, 9.17) is 14.2 Å². The lowest BCUT2D eigenvalue weighted by Gasteiger charge is -2.13. The average molecular weight is 427 g/mol. The van der Waals surface area contributed by atoms with Crippen LogP contribution in [0, 0.1) is 6.92 Å². The van der Waals surface area contributed by atoms with Crippen LogP contribution in [0.3, 0.4) is 0 Å². The molecule has 0 aliphatic rings. The molecule has 0 heterocycles. The number of methoxy groups -OCH3 is 2. The number of unbranched alkanes of at least 4 members (excludes halogenated alkanes) is 2. The van der Waals surface area contributed by atoms with E-state index in [0.717, 1.165) is 43.4 Å². The van der Waals surface area contributed by atoms with Crippen molar-refractivity contribution in [2.24, 2.45) is 5.10 Å². The standard InChI is InChI=1S/C25H34N2O4/c1-5-6-7-16-31-25-21(11-8-12-23(25)30-4)18-26-27-24(28)13-9-10-20-14-15-22(29-3)17-19(20)2/h8,11-12,14-15,17-18H,5-7,9-10,13,16H2,1-4H3,(H,27,28)/b26-18+. The number of hydrogen-bond donors (Lipinski definition) is 1.